The fourth-order valence-corrected chi connectivity index (χ4v) is 3.61. The zero-order valence-electron chi connectivity index (χ0n) is 14.8. The molecule has 0 N–H and O–H groups in total. The minimum absolute atomic E-state index is 0.273. The van der Waals surface area contributed by atoms with Gasteiger partial charge in [-0.05, 0) is 47.7 Å². The Hall–Kier alpha value is -2.64. The summed E-state index contributed by atoms with van der Waals surface area (Å²) in [5.74, 6) is -0.132. The Bertz CT molecular complexity index is 969. The normalized spacial score (nSPS) is 15.2. The number of halogens is 1. The molecule has 3 rings (SSSR count). The van der Waals surface area contributed by atoms with Gasteiger partial charge in [-0.3, -0.25) is 19.3 Å². The molecule has 0 unspecified atom stereocenters. The molecule has 0 aromatic heterocycles. The lowest BCUT2D eigenvalue weighted by Crippen LogP contribution is -2.33. The summed E-state index contributed by atoms with van der Waals surface area (Å²) in [5, 5.41) is -0.458. The quantitative estimate of drug-likeness (QED) is 0.335. The lowest BCUT2D eigenvalue weighted by Gasteiger charge is -2.11. The average Bonchev–Trinajstić information content (AvgIpc) is 2.94. The minimum atomic E-state index is -0.474. The molecule has 2 aromatic rings. The molecule has 0 aliphatic carbocycles. The fourth-order valence-electron chi connectivity index (χ4n) is 2.51. The van der Waals surface area contributed by atoms with Crippen LogP contribution in [0.1, 0.15) is 15.9 Å². The van der Waals surface area contributed by atoms with E-state index in [0.717, 1.165) is 26.7 Å². The molecule has 0 saturated carbocycles. The number of hydrogen-bond donors (Lipinski definition) is 0. The van der Waals surface area contributed by atoms with Crippen molar-refractivity contribution in [3.8, 4) is 5.75 Å². The highest BCUT2D eigenvalue weighted by Crippen LogP contribution is 2.32. The Balaban J connectivity index is 1.74. The second kappa shape index (κ2) is 9.03. The highest BCUT2D eigenvalue weighted by Gasteiger charge is 2.36. The summed E-state index contributed by atoms with van der Waals surface area (Å²) in [6.07, 6.45) is 3.26. The van der Waals surface area contributed by atoms with Crippen LogP contribution in [0, 0.1) is 0 Å². The number of rotatable bonds is 7. The first kappa shape index (κ1) is 20.1. The molecular formula is C21H16BrNO4S. The highest BCUT2D eigenvalue weighted by molar-refractivity contribution is 9.10. The van der Waals surface area contributed by atoms with Gasteiger partial charge in [-0.15, -0.1) is 0 Å². The molecule has 1 fully saturated rings. The lowest BCUT2D eigenvalue weighted by atomic mass is 10.1. The zero-order valence-corrected chi connectivity index (χ0v) is 17.2. The van der Waals surface area contributed by atoms with Crippen LogP contribution in [0.5, 0.6) is 5.75 Å². The molecular weight excluding hydrogens is 442 g/mol. The summed E-state index contributed by atoms with van der Waals surface area (Å²) in [5.41, 5.74) is 1.17. The van der Waals surface area contributed by atoms with Crippen LogP contribution >= 0.6 is 27.7 Å². The highest BCUT2D eigenvalue weighted by atomic mass is 79.9. The summed E-state index contributed by atoms with van der Waals surface area (Å²) in [7, 11) is 0. The number of nitrogens with zero attached hydrogens (tertiary/aromatic N) is 1. The molecule has 5 nitrogen and oxygen atoms in total. The minimum Gasteiger partial charge on any atom is -0.490 e. The second-order valence-corrected chi connectivity index (χ2v) is 7.78. The van der Waals surface area contributed by atoms with Gasteiger partial charge in [0.2, 0.25) is 0 Å². The van der Waals surface area contributed by atoms with Crippen LogP contribution in [0.15, 0.2) is 70.6 Å². The molecule has 1 saturated heterocycles. The number of carbonyl (C=O) groups is 3. The molecule has 1 aliphatic heterocycles. The van der Waals surface area contributed by atoms with Crippen LogP contribution in [0.3, 0.4) is 0 Å². The summed E-state index contributed by atoms with van der Waals surface area (Å²) in [6, 6.07) is 13.9. The zero-order chi connectivity index (χ0) is 20.1. The molecule has 0 spiro atoms. The van der Waals surface area contributed by atoms with Gasteiger partial charge in [0.25, 0.3) is 11.1 Å². The van der Waals surface area contributed by atoms with Crippen molar-refractivity contribution < 1.29 is 19.1 Å². The standard InChI is InChI=1S/C21H16BrNO4S/c1-2-10-27-17-5-3-4-14(11-17)12-19-20(25)23(21(26)28-19)13-18(24)15-6-8-16(22)9-7-15/h2-9,11-12H,1,10,13H2/b19-12+. The van der Waals surface area contributed by atoms with E-state index in [2.05, 4.69) is 22.5 Å². The van der Waals surface area contributed by atoms with Crippen molar-refractivity contribution in [2.75, 3.05) is 13.2 Å². The Morgan fingerprint density at radius 2 is 1.93 bits per heavy atom. The van der Waals surface area contributed by atoms with Gasteiger partial charge in [0, 0.05) is 10.0 Å². The number of amides is 2. The molecule has 1 heterocycles. The molecule has 0 radical (unpaired) electrons. The predicted molar refractivity (Wildman–Crippen MR) is 113 cm³/mol. The molecule has 28 heavy (non-hydrogen) atoms. The van der Waals surface area contributed by atoms with Crippen LogP contribution in [0.25, 0.3) is 6.08 Å². The third kappa shape index (κ3) is 4.79. The van der Waals surface area contributed by atoms with E-state index in [0.29, 0.717) is 17.9 Å². The van der Waals surface area contributed by atoms with E-state index in [1.807, 2.05) is 6.07 Å². The van der Waals surface area contributed by atoms with Gasteiger partial charge in [0.05, 0.1) is 11.4 Å². The molecule has 1 aliphatic rings. The van der Waals surface area contributed by atoms with Gasteiger partial charge in [-0.2, -0.15) is 0 Å². The Kier molecular flexibility index (Phi) is 6.49. The van der Waals surface area contributed by atoms with Gasteiger partial charge in [0.15, 0.2) is 5.78 Å². The van der Waals surface area contributed by atoms with Gasteiger partial charge >= 0.3 is 0 Å². The maximum atomic E-state index is 12.6. The average molecular weight is 458 g/mol. The van der Waals surface area contributed by atoms with Crippen LogP contribution in [-0.4, -0.2) is 35.0 Å². The van der Waals surface area contributed by atoms with Crippen LogP contribution in [0.2, 0.25) is 0 Å². The topological polar surface area (TPSA) is 63.7 Å². The number of benzene rings is 2. The first-order chi connectivity index (χ1) is 13.5. The summed E-state index contributed by atoms with van der Waals surface area (Å²) >= 11 is 4.13. The number of ketones is 1. The van der Waals surface area contributed by atoms with Gasteiger partial charge in [-0.1, -0.05) is 52.9 Å². The molecule has 142 valence electrons. The number of thioether (sulfide) groups is 1. The number of hydrogen-bond acceptors (Lipinski definition) is 5. The Morgan fingerprint density at radius 1 is 1.18 bits per heavy atom. The smallest absolute Gasteiger partial charge is 0.293 e. The first-order valence-corrected chi connectivity index (χ1v) is 9.97. The van der Waals surface area contributed by atoms with Crippen LogP contribution in [-0.2, 0) is 4.79 Å². The van der Waals surface area contributed by atoms with Gasteiger partial charge in [0.1, 0.15) is 12.4 Å². The van der Waals surface area contributed by atoms with E-state index in [9.17, 15) is 14.4 Å². The molecule has 0 atom stereocenters. The van der Waals surface area contributed by atoms with E-state index < -0.39 is 11.1 Å². The molecule has 0 bridgehead atoms. The molecule has 7 heteroatoms. The van der Waals surface area contributed by atoms with E-state index in [4.69, 9.17) is 4.74 Å². The fraction of sp³-hybridized carbons (Fsp3) is 0.0952. The molecule has 2 aromatic carbocycles. The van der Waals surface area contributed by atoms with E-state index >= 15 is 0 Å². The van der Waals surface area contributed by atoms with Crippen molar-refractivity contribution in [1.29, 1.82) is 0 Å². The van der Waals surface area contributed by atoms with Crippen molar-refractivity contribution in [2.24, 2.45) is 0 Å². The number of ether oxygens (including phenoxy) is 1. The third-order valence-corrected chi connectivity index (χ3v) is 5.30. The lowest BCUT2D eigenvalue weighted by molar-refractivity contribution is -0.122. The summed E-state index contributed by atoms with van der Waals surface area (Å²) in [6.45, 7) is 3.69. The monoisotopic (exact) mass is 457 g/mol. The second-order valence-electron chi connectivity index (χ2n) is 5.87. The maximum absolute atomic E-state index is 12.6. The van der Waals surface area contributed by atoms with E-state index in [1.54, 1.807) is 54.6 Å². The van der Waals surface area contributed by atoms with Crippen molar-refractivity contribution in [3.05, 3.63) is 81.7 Å². The van der Waals surface area contributed by atoms with Crippen molar-refractivity contribution >= 4 is 50.7 Å². The van der Waals surface area contributed by atoms with Gasteiger partial charge < -0.3 is 4.74 Å². The van der Waals surface area contributed by atoms with Crippen LogP contribution in [0.4, 0.5) is 4.79 Å². The van der Waals surface area contributed by atoms with Crippen molar-refractivity contribution in [3.63, 3.8) is 0 Å². The number of imide groups is 1. The maximum Gasteiger partial charge on any atom is 0.293 e. The van der Waals surface area contributed by atoms with E-state index in [-0.39, 0.29) is 17.2 Å². The predicted octanol–water partition coefficient (Wildman–Crippen LogP) is 4.93. The van der Waals surface area contributed by atoms with Crippen molar-refractivity contribution in [2.45, 2.75) is 0 Å². The SMILES string of the molecule is C=CCOc1cccc(/C=C2/SC(=O)N(CC(=O)c3ccc(Br)cc3)C2=O)c1. The van der Waals surface area contributed by atoms with Gasteiger partial charge in [-0.25, -0.2) is 0 Å². The number of carbonyl (C=O) groups excluding carboxylic acids is 3. The van der Waals surface area contributed by atoms with E-state index in [1.165, 1.54) is 0 Å². The van der Waals surface area contributed by atoms with Crippen molar-refractivity contribution in [1.82, 2.24) is 4.90 Å². The third-order valence-electron chi connectivity index (χ3n) is 3.87. The Morgan fingerprint density at radius 3 is 2.64 bits per heavy atom. The Labute approximate surface area is 175 Å². The summed E-state index contributed by atoms with van der Waals surface area (Å²) in [4.78, 5) is 38.5. The first-order valence-electron chi connectivity index (χ1n) is 8.36. The number of Topliss-reactive ketones (excluding diaryl/α,β-unsaturated/α-hetero) is 1. The largest absolute Gasteiger partial charge is 0.490 e. The molecule has 2 amide bonds. The summed E-state index contributed by atoms with van der Waals surface area (Å²) < 4.78 is 6.32. The van der Waals surface area contributed by atoms with Crippen LogP contribution < -0.4 is 4.74 Å².